The smallest absolute Gasteiger partial charge is 0.248 e. The summed E-state index contributed by atoms with van der Waals surface area (Å²) in [4.78, 5) is 18.2. The zero-order chi connectivity index (χ0) is 32.3. The molecule has 7 nitrogen and oxygen atoms in total. The molecule has 0 radical (unpaired) electrons. The highest BCUT2D eigenvalue weighted by Crippen LogP contribution is 2.57. The standard InChI is InChI=1S/C34H52F2N4O3SSi/c1-33(2,3)44(42)39-31(26-15-24-14-25(24)16-26)32-37-27-10-9-23(17-28(27)40(32)20-43-11-12-45(4,5)6)30(22-7-8-22)38-29(41)13-21-18-34(35,36)19-21/h9-10,17,21-22,24-26,30-31,39H,7-8,11-16,18-20H2,1-6H3,(H,38,41)/t24-,25+,26?,30-,31+,44-/m1/s1. The summed E-state index contributed by atoms with van der Waals surface area (Å²) in [5.74, 6) is 0.0973. The monoisotopic (exact) mass is 662 g/mol. The molecular formula is C34H52F2N4O3SSi. The summed E-state index contributed by atoms with van der Waals surface area (Å²) < 4.78 is 51.9. The lowest BCUT2D eigenvalue weighted by molar-refractivity contribution is -0.134. The van der Waals surface area contributed by atoms with Crippen molar-refractivity contribution in [2.45, 2.75) is 127 Å². The van der Waals surface area contributed by atoms with Crippen molar-refractivity contribution in [1.82, 2.24) is 19.6 Å². The summed E-state index contributed by atoms with van der Waals surface area (Å²) in [7, 11) is -2.55. The Balaban J connectivity index is 1.30. The van der Waals surface area contributed by atoms with Gasteiger partial charge in [0.2, 0.25) is 11.8 Å². The van der Waals surface area contributed by atoms with E-state index in [0.717, 1.165) is 66.0 Å². The molecule has 2 N–H and O–H groups in total. The maximum absolute atomic E-state index is 13.5. The van der Waals surface area contributed by atoms with Gasteiger partial charge in [0.15, 0.2) is 0 Å². The molecule has 1 unspecified atom stereocenters. The first-order chi connectivity index (χ1) is 21.1. The Hall–Kier alpha value is -1.69. The minimum absolute atomic E-state index is 0.148. The van der Waals surface area contributed by atoms with Crippen LogP contribution in [0.5, 0.6) is 0 Å². The predicted octanol–water partition coefficient (Wildman–Crippen LogP) is 7.49. The number of ether oxygens (including phenoxy) is 1. The Morgan fingerprint density at radius 3 is 2.40 bits per heavy atom. The van der Waals surface area contributed by atoms with Crippen molar-refractivity contribution < 1.29 is 22.5 Å². The summed E-state index contributed by atoms with van der Waals surface area (Å²) in [5.41, 5.74) is 2.82. The fourth-order valence-electron chi connectivity index (χ4n) is 7.27. The zero-order valence-electron chi connectivity index (χ0n) is 27.8. The van der Waals surface area contributed by atoms with Crippen molar-refractivity contribution in [3.63, 3.8) is 0 Å². The molecule has 45 heavy (non-hydrogen) atoms. The molecule has 0 saturated heterocycles. The van der Waals surface area contributed by atoms with Crippen LogP contribution in [0.15, 0.2) is 18.2 Å². The summed E-state index contributed by atoms with van der Waals surface area (Å²) in [6.07, 6.45) is 5.37. The van der Waals surface area contributed by atoms with Crippen LogP contribution in [0.1, 0.15) is 95.6 Å². The number of fused-ring (bicyclic) bond motifs is 2. The lowest BCUT2D eigenvalue weighted by Crippen LogP contribution is -2.39. The van der Waals surface area contributed by atoms with Crippen LogP contribution in [-0.2, 0) is 27.2 Å². The van der Waals surface area contributed by atoms with Crippen molar-refractivity contribution in [2.24, 2.45) is 29.6 Å². The fraction of sp³-hybridized carbons (Fsp3) is 0.765. The molecule has 2 aromatic rings. The molecule has 4 aliphatic rings. The molecule has 4 fully saturated rings. The maximum atomic E-state index is 13.5. The van der Waals surface area contributed by atoms with Gasteiger partial charge in [-0.3, -0.25) is 4.79 Å². The van der Waals surface area contributed by atoms with Crippen molar-refractivity contribution in [3.8, 4) is 0 Å². The van der Waals surface area contributed by atoms with E-state index < -0.39 is 29.7 Å². The molecule has 0 bridgehead atoms. The second-order valence-corrected chi connectivity index (χ2v) is 24.3. The van der Waals surface area contributed by atoms with E-state index in [1.165, 1.54) is 6.42 Å². The molecule has 0 aliphatic heterocycles. The van der Waals surface area contributed by atoms with E-state index in [2.05, 4.69) is 46.4 Å². The summed E-state index contributed by atoms with van der Waals surface area (Å²) in [6.45, 7) is 14.1. The first-order valence-electron chi connectivity index (χ1n) is 17.0. The minimum Gasteiger partial charge on any atom is -0.361 e. The molecule has 4 aliphatic carbocycles. The number of nitrogens with one attached hydrogen (secondary N) is 2. The minimum atomic E-state index is -2.62. The van der Waals surface area contributed by atoms with E-state index in [0.29, 0.717) is 25.2 Å². The van der Waals surface area contributed by atoms with Gasteiger partial charge >= 0.3 is 0 Å². The van der Waals surface area contributed by atoms with Crippen LogP contribution in [0, 0.1) is 29.6 Å². The molecule has 250 valence electrons. The van der Waals surface area contributed by atoms with Crippen LogP contribution >= 0.6 is 0 Å². The van der Waals surface area contributed by atoms with Gasteiger partial charge in [0.1, 0.15) is 12.6 Å². The van der Waals surface area contributed by atoms with Crippen LogP contribution in [0.25, 0.3) is 11.0 Å². The third-order valence-electron chi connectivity index (χ3n) is 10.3. The number of alkyl halides is 2. The fourth-order valence-corrected chi connectivity index (χ4v) is 8.91. The van der Waals surface area contributed by atoms with E-state index in [1.54, 1.807) is 0 Å². The molecule has 6 rings (SSSR count). The van der Waals surface area contributed by atoms with E-state index in [9.17, 15) is 17.8 Å². The van der Waals surface area contributed by atoms with Crippen LogP contribution < -0.4 is 10.0 Å². The number of imidazole rings is 1. The number of nitrogens with zero attached hydrogens (tertiary/aromatic N) is 2. The average molecular weight is 663 g/mol. The van der Waals surface area contributed by atoms with Crippen LogP contribution in [0.2, 0.25) is 25.7 Å². The van der Waals surface area contributed by atoms with Crippen LogP contribution in [0.4, 0.5) is 8.78 Å². The van der Waals surface area contributed by atoms with Gasteiger partial charge < -0.3 is 14.6 Å². The van der Waals surface area contributed by atoms with Gasteiger partial charge in [0.25, 0.3) is 0 Å². The SMILES string of the molecule is CC(C)(C)[S@@](=O)N[C@H](c1nc2ccc([C@H](NC(=O)CC3CC(F)(F)C3)C3CC3)cc2n1COCC[Si](C)(C)C)C1C[C@@H]2C[C@@H]2C1. The molecule has 6 atom stereocenters. The third kappa shape index (κ3) is 8.07. The van der Waals surface area contributed by atoms with Crippen LogP contribution in [0.3, 0.4) is 0 Å². The van der Waals surface area contributed by atoms with Crippen molar-refractivity contribution in [3.05, 3.63) is 29.6 Å². The van der Waals surface area contributed by atoms with Crippen molar-refractivity contribution in [2.75, 3.05) is 6.61 Å². The summed E-state index contributed by atoms with van der Waals surface area (Å²) >= 11 is 0. The van der Waals surface area contributed by atoms with Gasteiger partial charge in [-0.2, -0.15) is 0 Å². The number of hydrogen-bond acceptors (Lipinski definition) is 4. The lowest BCUT2D eigenvalue weighted by Gasteiger charge is -2.34. The van der Waals surface area contributed by atoms with E-state index >= 15 is 0 Å². The highest BCUT2D eigenvalue weighted by molar-refractivity contribution is 7.84. The lowest BCUT2D eigenvalue weighted by atomic mass is 9.79. The number of aromatic nitrogens is 2. The second kappa shape index (κ2) is 12.4. The quantitative estimate of drug-likeness (QED) is 0.162. The van der Waals surface area contributed by atoms with Crippen molar-refractivity contribution >= 4 is 36.0 Å². The van der Waals surface area contributed by atoms with Gasteiger partial charge in [-0.05, 0) is 106 Å². The zero-order valence-corrected chi connectivity index (χ0v) is 29.7. The number of carbonyl (C=O) groups is 1. The highest BCUT2D eigenvalue weighted by Gasteiger charge is 2.50. The first kappa shape index (κ1) is 33.2. The first-order valence-corrected chi connectivity index (χ1v) is 21.8. The molecule has 1 amide bonds. The van der Waals surface area contributed by atoms with E-state index in [1.807, 2.05) is 26.8 Å². The van der Waals surface area contributed by atoms with E-state index in [4.69, 9.17) is 9.72 Å². The van der Waals surface area contributed by atoms with Gasteiger partial charge in [0, 0.05) is 33.9 Å². The molecule has 11 heteroatoms. The largest absolute Gasteiger partial charge is 0.361 e. The Morgan fingerprint density at radius 2 is 1.80 bits per heavy atom. The molecule has 1 heterocycles. The Bertz CT molecular complexity index is 1410. The number of amides is 1. The van der Waals surface area contributed by atoms with E-state index in [-0.39, 0.29) is 43.2 Å². The van der Waals surface area contributed by atoms with Gasteiger partial charge in [-0.1, -0.05) is 25.7 Å². The van der Waals surface area contributed by atoms with Crippen LogP contribution in [-0.4, -0.2) is 45.0 Å². The number of hydrogen-bond donors (Lipinski definition) is 2. The van der Waals surface area contributed by atoms with Gasteiger partial charge in [-0.15, -0.1) is 0 Å². The average Bonchev–Trinajstić information content (AvgIpc) is 3.83. The molecule has 0 spiro atoms. The number of rotatable bonds is 14. The Kier molecular flexibility index (Phi) is 9.15. The third-order valence-corrected chi connectivity index (χ3v) is 13.5. The second-order valence-electron chi connectivity index (χ2n) is 16.7. The molecular weight excluding hydrogens is 611 g/mol. The maximum Gasteiger partial charge on any atom is 0.248 e. The number of carbonyl (C=O) groups excluding carboxylic acids is 1. The molecule has 1 aromatic heterocycles. The van der Waals surface area contributed by atoms with Gasteiger partial charge in [0.05, 0.1) is 38.8 Å². The van der Waals surface area contributed by atoms with Crippen molar-refractivity contribution in [1.29, 1.82) is 0 Å². The normalized spacial score (nSPS) is 26.7. The number of benzene rings is 1. The highest BCUT2D eigenvalue weighted by atomic mass is 32.2. The topological polar surface area (TPSA) is 85.3 Å². The molecule has 4 saturated carbocycles. The van der Waals surface area contributed by atoms with Gasteiger partial charge in [-0.25, -0.2) is 22.7 Å². The Labute approximate surface area is 270 Å². The summed E-state index contributed by atoms with van der Waals surface area (Å²) in [6, 6.07) is 6.96. The molecule has 1 aromatic carbocycles. The summed E-state index contributed by atoms with van der Waals surface area (Å²) in [5, 5.41) is 3.21. The predicted molar refractivity (Wildman–Crippen MR) is 178 cm³/mol. The Morgan fingerprint density at radius 1 is 1.11 bits per heavy atom. The number of halogens is 2.